The SMILES string of the molecule is O=C(Nc1ccc(Br)cn1)C1CCN(C(=O)c2cccc(C(F)(F)F)c2)CC1. The van der Waals surface area contributed by atoms with Crippen LogP contribution in [0.15, 0.2) is 47.1 Å². The Bertz CT molecular complexity index is 863. The van der Waals surface area contributed by atoms with Gasteiger partial charge in [0.2, 0.25) is 5.91 Å². The van der Waals surface area contributed by atoms with Gasteiger partial charge in [-0.2, -0.15) is 13.2 Å². The fraction of sp³-hybridized carbons (Fsp3) is 0.316. The number of carbonyl (C=O) groups is 2. The molecule has 0 saturated carbocycles. The number of amides is 2. The molecule has 28 heavy (non-hydrogen) atoms. The molecule has 1 N–H and O–H groups in total. The summed E-state index contributed by atoms with van der Waals surface area (Å²) in [4.78, 5) is 30.5. The van der Waals surface area contributed by atoms with Gasteiger partial charge in [-0.15, -0.1) is 0 Å². The van der Waals surface area contributed by atoms with Crippen molar-refractivity contribution >= 4 is 33.6 Å². The van der Waals surface area contributed by atoms with E-state index in [0.29, 0.717) is 31.7 Å². The molecular formula is C19H17BrF3N3O2. The highest BCUT2D eigenvalue weighted by Crippen LogP contribution is 2.30. The highest BCUT2D eigenvalue weighted by atomic mass is 79.9. The van der Waals surface area contributed by atoms with Crippen LogP contribution in [0.1, 0.15) is 28.8 Å². The zero-order valence-electron chi connectivity index (χ0n) is 14.7. The fourth-order valence-corrected chi connectivity index (χ4v) is 3.27. The van der Waals surface area contributed by atoms with E-state index in [1.807, 2.05) is 0 Å². The second-order valence-electron chi connectivity index (χ2n) is 6.50. The number of halogens is 4. The van der Waals surface area contributed by atoms with E-state index in [2.05, 4.69) is 26.2 Å². The molecule has 1 aromatic carbocycles. The van der Waals surface area contributed by atoms with Gasteiger partial charge in [-0.3, -0.25) is 9.59 Å². The van der Waals surface area contributed by atoms with Gasteiger partial charge in [0.05, 0.1) is 5.56 Å². The first-order valence-electron chi connectivity index (χ1n) is 8.63. The maximum absolute atomic E-state index is 12.8. The highest BCUT2D eigenvalue weighted by Gasteiger charge is 2.32. The van der Waals surface area contributed by atoms with Gasteiger partial charge < -0.3 is 10.2 Å². The monoisotopic (exact) mass is 455 g/mol. The van der Waals surface area contributed by atoms with E-state index in [-0.39, 0.29) is 17.4 Å². The molecule has 1 aliphatic heterocycles. The van der Waals surface area contributed by atoms with Crippen LogP contribution in [0.25, 0.3) is 0 Å². The van der Waals surface area contributed by atoms with E-state index in [9.17, 15) is 22.8 Å². The third kappa shape index (κ3) is 4.89. The third-order valence-corrected chi connectivity index (χ3v) is 5.04. The van der Waals surface area contributed by atoms with Crippen molar-refractivity contribution in [3.05, 3.63) is 58.2 Å². The molecule has 2 heterocycles. The summed E-state index contributed by atoms with van der Waals surface area (Å²) in [7, 11) is 0. The molecular weight excluding hydrogens is 439 g/mol. The van der Waals surface area contributed by atoms with Crippen LogP contribution < -0.4 is 5.32 Å². The molecule has 0 aliphatic carbocycles. The molecule has 148 valence electrons. The van der Waals surface area contributed by atoms with E-state index in [1.165, 1.54) is 17.0 Å². The largest absolute Gasteiger partial charge is 0.416 e. The summed E-state index contributed by atoms with van der Waals surface area (Å²) in [5.74, 6) is -0.479. The van der Waals surface area contributed by atoms with Crippen LogP contribution in [-0.2, 0) is 11.0 Å². The second kappa shape index (κ2) is 8.30. The van der Waals surface area contributed by atoms with Crippen LogP contribution in [0, 0.1) is 5.92 Å². The standard InChI is InChI=1S/C19H17BrF3N3O2/c20-15-4-5-16(24-11-15)25-17(27)12-6-8-26(9-7-12)18(28)13-2-1-3-14(10-13)19(21,22)23/h1-5,10-12H,6-9H2,(H,24,25,27). The Kier molecular flexibility index (Phi) is 6.02. The molecule has 0 spiro atoms. The van der Waals surface area contributed by atoms with Crippen molar-refractivity contribution in [3.63, 3.8) is 0 Å². The van der Waals surface area contributed by atoms with E-state index in [1.54, 1.807) is 18.3 Å². The van der Waals surface area contributed by atoms with Crippen LogP contribution in [-0.4, -0.2) is 34.8 Å². The highest BCUT2D eigenvalue weighted by molar-refractivity contribution is 9.10. The lowest BCUT2D eigenvalue weighted by atomic mass is 9.95. The zero-order valence-corrected chi connectivity index (χ0v) is 16.3. The molecule has 9 heteroatoms. The zero-order chi connectivity index (χ0) is 20.3. The van der Waals surface area contributed by atoms with Gasteiger partial charge in [-0.25, -0.2) is 4.98 Å². The van der Waals surface area contributed by atoms with Crippen molar-refractivity contribution in [2.75, 3.05) is 18.4 Å². The number of carbonyl (C=O) groups excluding carboxylic acids is 2. The van der Waals surface area contributed by atoms with Gasteiger partial charge >= 0.3 is 6.18 Å². The number of nitrogens with zero attached hydrogens (tertiary/aromatic N) is 2. The van der Waals surface area contributed by atoms with Gasteiger partial charge in [0.25, 0.3) is 5.91 Å². The van der Waals surface area contributed by atoms with Crippen LogP contribution in [0.2, 0.25) is 0 Å². The summed E-state index contributed by atoms with van der Waals surface area (Å²) in [5, 5.41) is 2.74. The summed E-state index contributed by atoms with van der Waals surface area (Å²) in [6.07, 6.45) is -2.05. The van der Waals surface area contributed by atoms with Gasteiger partial charge in [-0.1, -0.05) is 6.07 Å². The molecule has 0 bridgehead atoms. The predicted octanol–water partition coefficient (Wildman–Crippen LogP) is 4.35. The smallest absolute Gasteiger partial charge is 0.339 e. The first kappa shape index (κ1) is 20.3. The van der Waals surface area contributed by atoms with Crippen molar-refractivity contribution in [3.8, 4) is 0 Å². The van der Waals surface area contributed by atoms with Crippen molar-refractivity contribution in [1.82, 2.24) is 9.88 Å². The quantitative estimate of drug-likeness (QED) is 0.747. The molecule has 2 amide bonds. The molecule has 0 radical (unpaired) electrons. The van der Waals surface area contributed by atoms with Crippen LogP contribution >= 0.6 is 15.9 Å². The molecule has 3 rings (SSSR count). The Hall–Kier alpha value is -2.42. The van der Waals surface area contributed by atoms with Gasteiger partial charge in [0.15, 0.2) is 0 Å². The van der Waals surface area contributed by atoms with E-state index in [4.69, 9.17) is 0 Å². The molecule has 5 nitrogen and oxygen atoms in total. The summed E-state index contributed by atoms with van der Waals surface area (Å²) in [6, 6.07) is 7.83. The number of nitrogens with one attached hydrogen (secondary N) is 1. The summed E-state index contributed by atoms with van der Waals surface area (Å²) in [5.41, 5.74) is -0.855. The first-order chi connectivity index (χ1) is 13.2. The predicted molar refractivity (Wildman–Crippen MR) is 101 cm³/mol. The molecule has 1 saturated heterocycles. The molecule has 2 aromatic rings. The van der Waals surface area contributed by atoms with Crippen molar-refractivity contribution < 1.29 is 22.8 Å². The van der Waals surface area contributed by atoms with E-state index in [0.717, 1.165) is 16.6 Å². The Morgan fingerprint density at radius 1 is 1.14 bits per heavy atom. The van der Waals surface area contributed by atoms with Crippen molar-refractivity contribution in [1.29, 1.82) is 0 Å². The number of likely N-dealkylation sites (tertiary alicyclic amines) is 1. The minimum absolute atomic E-state index is 0.00297. The number of rotatable bonds is 3. The summed E-state index contributed by atoms with van der Waals surface area (Å²) >= 11 is 3.27. The fourth-order valence-electron chi connectivity index (χ4n) is 3.03. The van der Waals surface area contributed by atoms with Gasteiger partial charge in [0.1, 0.15) is 5.82 Å². The average Bonchev–Trinajstić information content (AvgIpc) is 2.69. The molecule has 0 atom stereocenters. The van der Waals surface area contributed by atoms with Crippen molar-refractivity contribution in [2.45, 2.75) is 19.0 Å². The Labute approximate surface area is 168 Å². The van der Waals surface area contributed by atoms with E-state index >= 15 is 0 Å². The minimum Gasteiger partial charge on any atom is -0.339 e. The van der Waals surface area contributed by atoms with Crippen LogP contribution in [0.5, 0.6) is 0 Å². The first-order valence-corrected chi connectivity index (χ1v) is 9.42. The number of benzene rings is 1. The normalized spacial score (nSPS) is 15.4. The maximum atomic E-state index is 12.8. The summed E-state index contributed by atoms with van der Waals surface area (Å²) < 4.78 is 39.3. The van der Waals surface area contributed by atoms with Crippen LogP contribution in [0.3, 0.4) is 0 Å². The Morgan fingerprint density at radius 2 is 1.86 bits per heavy atom. The van der Waals surface area contributed by atoms with Gasteiger partial charge in [-0.05, 0) is 59.1 Å². The number of anilines is 1. The van der Waals surface area contributed by atoms with Crippen LogP contribution in [0.4, 0.5) is 19.0 Å². The van der Waals surface area contributed by atoms with Gasteiger partial charge in [0, 0.05) is 35.2 Å². The molecule has 0 unspecified atom stereocenters. The average molecular weight is 456 g/mol. The lowest BCUT2D eigenvalue weighted by Crippen LogP contribution is -2.41. The number of hydrogen-bond donors (Lipinski definition) is 1. The molecule has 1 aliphatic rings. The number of hydrogen-bond acceptors (Lipinski definition) is 3. The minimum atomic E-state index is -4.50. The Morgan fingerprint density at radius 3 is 2.46 bits per heavy atom. The lowest BCUT2D eigenvalue weighted by Gasteiger charge is -2.31. The Balaban J connectivity index is 1.58. The number of aromatic nitrogens is 1. The summed E-state index contributed by atoms with van der Waals surface area (Å²) in [6.45, 7) is 0.613. The lowest BCUT2D eigenvalue weighted by molar-refractivity contribution is -0.137. The second-order valence-corrected chi connectivity index (χ2v) is 7.41. The molecule has 1 fully saturated rings. The number of pyridine rings is 1. The number of alkyl halides is 3. The maximum Gasteiger partial charge on any atom is 0.416 e. The van der Waals surface area contributed by atoms with Crippen molar-refractivity contribution in [2.24, 2.45) is 5.92 Å². The molecule has 1 aromatic heterocycles. The third-order valence-electron chi connectivity index (χ3n) is 4.57. The number of piperidine rings is 1. The van der Waals surface area contributed by atoms with E-state index < -0.39 is 17.6 Å². The topological polar surface area (TPSA) is 62.3 Å².